The first-order valence-electron chi connectivity index (χ1n) is 11.7. The molecule has 3 aliphatic rings. The summed E-state index contributed by atoms with van der Waals surface area (Å²) in [5.74, 6) is 0.499. The predicted molar refractivity (Wildman–Crippen MR) is 125 cm³/mol. The molecule has 172 valence electrons. The molecule has 2 heterocycles. The fraction of sp³-hybridized carbons (Fsp3) is 0.667. The van der Waals surface area contributed by atoms with Crippen molar-refractivity contribution in [1.29, 1.82) is 0 Å². The van der Waals surface area contributed by atoms with E-state index in [1.54, 1.807) is 0 Å². The Kier molecular flexibility index (Phi) is 8.61. The van der Waals surface area contributed by atoms with Crippen LogP contribution in [0.15, 0.2) is 18.2 Å². The molecule has 1 N–H and O–H groups in total. The highest BCUT2D eigenvalue weighted by atomic mass is 35.5. The van der Waals surface area contributed by atoms with E-state index < -0.39 is 0 Å². The van der Waals surface area contributed by atoms with Crippen LogP contribution < -0.4 is 10.2 Å². The highest BCUT2D eigenvalue weighted by Gasteiger charge is 2.36. The molecule has 4 rings (SSSR count). The molecule has 1 aromatic carbocycles. The summed E-state index contributed by atoms with van der Waals surface area (Å²) >= 11 is 0. The predicted octanol–water partition coefficient (Wildman–Crippen LogP) is 3.94. The first-order valence-corrected chi connectivity index (χ1v) is 11.7. The molecular formula is C24H36ClN3O3. The fourth-order valence-corrected chi connectivity index (χ4v) is 5.26. The standard InChI is InChI=1S/C24H35N3O3.ClH/c1-2-30-23(28)10-5-18-3-7-21(8-4-18)26-15-16-27(24(26)29)22-9-6-19-11-13-25-14-12-20(19)17-22;/h6,9,17-18,21,25H,2-5,7-8,10-16H2,1H3;1H/t18-,21-;. The molecule has 0 spiro atoms. The number of urea groups is 1. The van der Waals surface area contributed by atoms with Crippen molar-refractivity contribution in [2.75, 3.05) is 37.7 Å². The second-order valence-corrected chi connectivity index (χ2v) is 8.85. The van der Waals surface area contributed by atoms with Crippen molar-refractivity contribution in [1.82, 2.24) is 10.2 Å². The number of nitrogens with one attached hydrogen (secondary N) is 1. The first-order chi connectivity index (χ1) is 14.7. The molecule has 0 atom stereocenters. The lowest BCUT2D eigenvalue weighted by molar-refractivity contribution is -0.143. The molecule has 6 nitrogen and oxygen atoms in total. The average molecular weight is 450 g/mol. The second kappa shape index (κ2) is 11.2. The third-order valence-electron chi connectivity index (χ3n) is 7.00. The first kappa shape index (κ1) is 23.9. The van der Waals surface area contributed by atoms with Gasteiger partial charge in [0.25, 0.3) is 0 Å². The summed E-state index contributed by atoms with van der Waals surface area (Å²) in [4.78, 5) is 28.8. The highest BCUT2D eigenvalue weighted by Crippen LogP contribution is 2.33. The molecule has 1 aromatic rings. The normalized spacial score (nSPS) is 23.7. The van der Waals surface area contributed by atoms with Gasteiger partial charge in [-0.25, -0.2) is 4.79 Å². The third-order valence-corrected chi connectivity index (χ3v) is 7.00. The number of esters is 1. The lowest BCUT2D eigenvalue weighted by Crippen LogP contribution is -2.41. The molecule has 2 fully saturated rings. The number of anilines is 1. The van der Waals surface area contributed by atoms with Crippen LogP contribution in [0, 0.1) is 5.92 Å². The van der Waals surface area contributed by atoms with Gasteiger partial charge in [0.15, 0.2) is 0 Å². The van der Waals surface area contributed by atoms with Crippen LogP contribution in [0.1, 0.15) is 56.6 Å². The van der Waals surface area contributed by atoms with Gasteiger partial charge in [-0.15, -0.1) is 12.4 Å². The zero-order chi connectivity index (χ0) is 20.9. The molecule has 1 aliphatic carbocycles. The number of hydrogen-bond donors (Lipinski definition) is 1. The molecule has 31 heavy (non-hydrogen) atoms. The number of halogens is 1. The number of benzene rings is 1. The van der Waals surface area contributed by atoms with E-state index in [0.717, 1.165) is 76.8 Å². The fourth-order valence-electron chi connectivity index (χ4n) is 5.26. The van der Waals surface area contributed by atoms with Crippen LogP contribution in [0.3, 0.4) is 0 Å². The smallest absolute Gasteiger partial charge is 0.324 e. The van der Waals surface area contributed by atoms with Gasteiger partial charge < -0.3 is 15.0 Å². The van der Waals surface area contributed by atoms with Crippen LogP contribution in [-0.4, -0.2) is 55.7 Å². The Bertz CT molecular complexity index is 764. The van der Waals surface area contributed by atoms with Gasteiger partial charge in [0.05, 0.1) is 6.61 Å². The van der Waals surface area contributed by atoms with E-state index in [2.05, 4.69) is 28.4 Å². The summed E-state index contributed by atoms with van der Waals surface area (Å²) in [6, 6.07) is 7.07. The number of ether oxygens (including phenoxy) is 1. The van der Waals surface area contributed by atoms with Crippen molar-refractivity contribution in [3.05, 3.63) is 29.3 Å². The maximum Gasteiger partial charge on any atom is 0.324 e. The minimum atomic E-state index is -0.0819. The number of nitrogens with zero attached hydrogens (tertiary/aromatic N) is 2. The SMILES string of the molecule is CCOC(=O)CC[C@H]1CC[C@H](N2CCN(c3ccc4c(c3)CCNCC4)C2=O)CC1.Cl. The molecule has 0 unspecified atom stereocenters. The largest absolute Gasteiger partial charge is 0.466 e. The third kappa shape index (κ3) is 5.72. The van der Waals surface area contributed by atoms with Crippen molar-refractivity contribution in [2.45, 2.75) is 64.3 Å². The monoisotopic (exact) mass is 449 g/mol. The van der Waals surface area contributed by atoms with Gasteiger partial charge in [-0.05, 0) is 94.1 Å². The number of amides is 2. The molecular weight excluding hydrogens is 414 g/mol. The molecule has 1 saturated carbocycles. The van der Waals surface area contributed by atoms with E-state index in [0.29, 0.717) is 25.0 Å². The maximum absolute atomic E-state index is 13.2. The molecule has 0 bridgehead atoms. The number of rotatable bonds is 6. The lowest BCUT2D eigenvalue weighted by Gasteiger charge is -2.34. The summed E-state index contributed by atoms with van der Waals surface area (Å²) in [6.07, 6.45) is 7.81. The Morgan fingerprint density at radius 2 is 1.84 bits per heavy atom. The van der Waals surface area contributed by atoms with Crippen molar-refractivity contribution in [3.8, 4) is 0 Å². The van der Waals surface area contributed by atoms with Crippen LogP contribution in [0.5, 0.6) is 0 Å². The van der Waals surface area contributed by atoms with Gasteiger partial charge in [-0.3, -0.25) is 9.69 Å². The lowest BCUT2D eigenvalue weighted by atomic mass is 9.83. The zero-order valence-electron chi connectivity index (χ0n) is 18.6. The van der Waals surface area contributed by atoms with Gasteiger partial charge >= 0.3 is 12.0 Å². The minimum Gasteiger partial charge on any atom is -0.466 e. The number of fused-ring (bicyclic) bond motifs is 1. The molecule has 7 heteroatoms. The van der Waals surface area contributed by atoms with Crippen LogP contribution in [-0.2, 0) is 22.4 Å². The van der Waals surface area contributed by atoms with E-state index in [4.69, 9.17) is 4.74 Å². The molecule has 2 amide bonds. The summed E-state index contributed by atoms with van der Waals surface area (Å²) < 4.78 is 5.04. The van der Waals surface area contributed by atoms with Crippen molar-refractivity contribution in [2.24, 2.45) is 5.92 Å². The van der Waals surface area contributed by atoms with Gasteiger partial charge in [0.1, 0.15) is 0 Å². The number of carbonyl (C=O) groups is 2. The Morgan fingerprint density at radius 1 is 1.10 bits per heavy atom. The van der Waals surface area contributed by atoms with Crippen LogP contribution in [0.4, 0.5) is 10.5 Å². The summed E-state index contributed by atoms with van der Waals surface area (Å²) in [5, 5.41) is 3.45. The van der Waals surface area contributed by atoms with E-state index in [-0.39, 0.29) is 24.4 Å². The molecule has 0 radical (unpaired) electrons. The Morgan fingerprint density at radius 3 is 2.58 bits per heavy atom. The highest BCUT2D eigenvalue weighted by molar-refractivity contribution is 5.94. The minimum absolute atomic E-state index is 0. The molecule has 1 saturated heterocycles. The van der Waals surface area contributed by atoms with Gasteiger partial charge in [-0.2, -0.15) is 0 Å². The van der Waals surface area contributed by atoms with E-state index in [1.165, 1.54) is 11.1 Å². The van der Waals surface area contributed by atoms with Gasteiger partial charge in [-0.1, -0.05) is 6.07 Å². The van der Waals surface area contributed by atoms with E-state index >= 15 is 0 Å². The van der Waals surface area contributed by atoms with Crippen LogP contribution in [0.25, 0.3) is 0 Å². The van der Waals surface area contributed by atoms with E-state index in [9.17, 15) is 9.59 Å². The van der Waals surface area contributed by atoms with Crippen LogP contribution in [0.2, 0.25) is 0 Å². The molecule has 2 aliphatic heterocycles. The maximum atomic E-state index is 13.2. The van der Waals surface area contributed by atoms with Crippen molar-refractivity contribution in [3.63, 3.8) is 0 Å². The number of hydrogen-bond acceptors (Lipinski definition) is 4. The second-order valence-electron chi connectivity index (χ2n) is 8.85. The van der Waals surface area contributed by atoms with Gasteiger partial charge in [0.2, 0.25) is 0 Å². The van der Waals surface area contributed by atoms with Crippen LogP contribution >= 0.6 is 12.4 Å². The topological polar surface area (TPSA) is 61.9 Å². The Hall–Kier alpha value is -1.79. The van der Waals surface area contributed by atoms with Gasteiger partial charge in [0, 0.05) is 31.2 Å². The van der Waals surface area contributed by atoms with Crippen molar-refractivity contribution < 1.29 is 14.3 Å². The number of carbonyl (C=O) groups excluding carboxylic acids is 2. The Labute approximate surface area is 192 Å². The quantitative estimate of drug-likeness (QED) is 0.668. The summed E-state index contributed by atoms with van der Waals surface area (Å²) in [5.41, 5.74) is 3.84. The summed E-state index contributed by atoms with van der Waals surface area (Å²) in [6.45, 7) is 5.94. The Balaban J connectivity index is 0.00000272. The summed E-state index contributed by atoms with van der Waals surface area (Å²) in [7, 11) is 0. The zero-order valence-corrected chi connectivity index (χ0v) is 19.4. The van der Waals surface area contributed by atoms with E-state index in [1.807, 2.05) is 11.8 Å². The average Bonchev–Trinajstić information content (AvgIpc) is 2.99. The van der Waals surface area contributed by atoms with Crippen molar-refractivity contribution >= 4 is 30.1 Å². The molecule has 0 aromatic heterocycles.